The number of nitrogens with one attached hydrogen (secondary N) is 1. The summed E-state index contributed by atoms with van der Waals surface area (Å²) in [5, 5.41) is 4.23. The molecule has 0 spiro atoms. The highest BCUT2D eigenvalue weighted by Crippen LogP contribution is 2.30. The quantitative estimate of drug-likeness (QED) is 0.648. The number of nitrogens with zero attached hydrogens (tertiary/aromatic N) is 1. The molecular formula is C16H12Cl2N2O2S. The fourth-order valence-electron chi connectivity index (χ4n) is 2.24. The average Bonchev–Trinajstić information content (AvgIpc) is 3.08. The first-order valence-corrected chi connectivity index (χ1v) is 8.06. The number of rotatable bonds is 3. The van der Waals surface area contributed by atoms with Crippen molar-refractivity contribution < 1.29 is 9.21 Å². The Balaban J connectivity index is 1.88. The minimum Gasteiger partial charge on any atom is -0.457 e. The number of carbonyl (C=O) groups is 1. The third kappa shape index (κ3) is 3.13. The van der Waals surface area contributed by atoms with Crippen LogP contribution in [-0.4, -0.2) is 22.5 Å². The number of likely N-dealkylation sites (N-methyl/N-ethyl adjacent to an activating group) is 1. The summed E-state index contributed by atoms with van der Waals surface area (Å²) in [6.07, 6.45) is 1.63. The molecule has 0 radical (unpaired) electrons. The molecule has 1 fully saturated rings. The van der Waals surface area contributed by atoms with Crippen LogP contribution >= 0.6 is 35.4 Å². The number of halogens is 2. The maximum atomic E-state index is 12.1. The molecule has 0 aliphatic carbocycles. The minimum atomic E-state index is -0.162. The van der Waals surface area contributed by atoms with E-state index in [0.29, 0.717) is 38.9 Å². The first-order chi connectivity index (χ1) is 11.0. The number of benzene rings is 1. The molecule has 118 valence electrons. The van der Waals surface area contributed by atoms with E-state index < -0.39 is 0 Å². The largest absolute Gasteiger partial charge is 0.457 e. The normalized spacial score (nSPS) is 16.3. The van der Waals surface area contributed by atoms with Crippen LogP contribution in [-0.2, 0) is 4.79 Å². The molecule has 4 nitrogen and oxygen atoms in total. The molecule has 23 heavy (non-hydrogen) atoms. The van der Waals surface area contributed by atoms with E-state index in [4.69, 9.17) is 39.8 Å². The molecule has 0 saturated carbocycles. The minimum absolute atomic E-state index is 0.162. The summed E-state index contributed by atoms with van der Waals surface area (Å²) in [7, 11) is 0. The Kier molecular flexibility index (Phi) is 4.43. The highest BCUT2D eigenvalue weighted by atomic mass is 35.5. The van der Waals surface area contributed by atoms with Gasteiger partial charge in [0.1, 0.15) is 17.2 Å². The standard InChI is InChI=1S/C16H12Cl2N2O2S/c1-2-20-15(21)13(19-16(20)23)8-10-4-6-14(22-10)9-3-5-11(17)12(18)7-9/h3-8H,2H2,1H3,(H,19,23)/b13-8-. The van der Waals surface area contributed by atoms with Gasteiger partial charge in [-0.3, -0.25) is 9.69 Å². The average molecular weight is 367 g/mol. The Morgan fingerprint density at radius 2 is 2.04 bits per heavy atom. The van der Waals surface area contributed by atoms with Gasteiger partial charge < -0.3 is 9.73 Å². The summed E-state index contributed by atoms with van der Waals surface area (Å²) in [5.74, 6) is 1.02. The van der Waals surface area contributed by atoms with E-state index >= 15 is 0 Å². The van der Waals surface area contributed by atoms with Crippen LogP contribution in [0.25, 0.3) is 17.4 Å². The lowest BCUT2D eigenvalue weighted by Gasteiger charge is -2.08. The van der Waals surface area contributed by atoms with Crippen LogP contribution < -0.4 is 5.32 Å². The van der Waals surface area contributed by atoms with Gasteiger partial charge in [0, 0.05) is 18.2 Å². The molecule has 1 aliphatic heterocycles. The van der Waals surface area contributed by atoms with Gasteiger partial charge in [0.05, 0.1) is 10.0 Å². The van der Waals surface area contributed by atoms with E-state index in [1.165, 1.54) is 4.90 Å². The van der Waals surface area contributed by atoms with Gasteiger partial charge in [0.15, 0.2) is 5.11 Å². The Bertz CT molecular complexity index is 829. The lowest BCUT2D eigenvalue weighted by Crippen LogP contribution is -2.30. The zero-order valence-corrected chi connectivity index (χ0v) is 14.4. The molecule has 1 aromatic carbocycles. The van der Waals surface area contributed by atoms with Gasteiger partial charge in [-0.15, -0.1) is 0 Å². The fourth-order valence-corrected chi connectivity index (χ4v) is 2.86. The van der Waals surface area contributed by atoms with Gasteiger partial charge in [-0.25, -0.2) is 0 Å². The number of furan rings is 1. The van der Waals surface area contributed by atoms with E-state index in [1.54, 1.807) is 30.3 Å². The summed E-state index contributed by atoms with van der Waals surface area (Å²) in [6.45, 7) is 2.39. The molecular weight excluding hydrogens is 355 g/mol. The van der Waals surface area contributed by atoms with E-state index in [9.17, 15) is 4.79 Å². The molecule has 0 unspecified atom stereocenters. The zero-order chi connectivity index (χ0) is 16.6. The second-order valence-corrected chi connectivity index (χ2v) is 6.07. The topological polar surface area (TPSA) is 45.5 Å². The van der Waals surface area contributed by atoms with E-state index in [2.05, 4.69) is 5.32 Å². The maximum absolute atomic E-state index is 12.1. The van der Waals surface area contributed by atoms with Crippen molar-refractivity contribution in [3.63, 3.8) is 0 Å². The Morgan fingerprint density at radius 1 is 1.26 bits per heavy atom. The Morgan fingerprint density at radius 3 is 2.70 bits per heavy atom. The van der Waals surface area contributed by atoms with Gasteiger partial charge >= 0.3 is 0 Å². The number of thiocarbonyl (C=S) groups is 1. The molecule has 1 aliphatic rings. The van der Waals surface area contributed by atoms with Gasteiger partial charge in [-0.05, 0) is 49.5 Å². The lowest BCUT2D eigenvalue weighted by atomic mass is 10.2. The first kappa shape index (κ1) is 16.1. The van der Waals surface area contributed by atoms with Crippen molar-refractivity contribution in [3.05, 3.63) is 51.8 Å². The molecule has 7 heteroatoms. The summed E-state index contributed by atoms with van der Waals surface area (Å²) in [4.78, 5) is 13.6. The number of hydrogen-bond acceptors (Lipinski definition) is 3. The lowest BCUT2D eigenvalue weighted by molar-refractivity contribution is -0.122. The van der Waals surface area contributed by atoms with Crippen LogP contribution in [0, 0.1) is 0 Å². The third-order valence-electron chi connectivity index (χ3n) is 3.40. The summed E-state index contributed by atoms with van der Waals surface area (Å²) in [5.41, 5.74) is 1.20. The monoisotopic (exact) mass is 366 g/mol. The van der Waals surface area contributed by atoms with Crippen molar-refractivity contribution in [1.82, 2.24) is 10.2 Å². The van der Waals surface area contributed by atoms with Crippen LogP contribution in [0.15, 0.2) is 40.4 Å². The summed E-state index contributed by atoms with van der Waals surface area (Å²) < 4.78 is 5.75. The number of carbonyl (C=O) groups excluding carboxylic acids is 1. The SMILES string of the molecule is CCN1C(=O)/C(=C/c2ccc(-c3ccc(Cl)c(Cl)c3)o2)NC1=S. The number of amides is 1. The van der Waals surface area contributed by atoms with Crippen LogP contribution in [0.3, 0.4) is 0 Å². The van der Waals surface area contributed by atoms with Crippen molar-refractivity contribution in [2.75, 3.05) is 6.54 Å². The van der Waals surface area contributed by atoms with Crippen molar-refractivity contribution >= 4 is 52.5 Å². The molecule has 3 rings (SSSR count). The predicted octanol–water partition coefficient (Wildman–Crippen LogP) is 4.33. The predicted molar refractivity (Wildman–Crippen MR) is 95.3 cm³/mol. The molecule has 1 saturated heterocycles. The van der Waals surface area contributed by atoms with E-state index in [1.807, 2.05) is 13.0 Å². The first-order valence-electron chi connectivity index (χ1n) is 6.89. The van der Waals surface area contributed by atoms with Crippen molar-refractivity contribution in [1.29, 1.82) is 0 Å². The van der Waals surface area contributed by atoms with Crippen molar-refractivity contribution in [2.24, 2.45) is 0 Å². The Labute approximate surface area is 148 Å². The molecule has 1 N–H and O–H groups in total. The van der Waals surface area contributed by atoms with Crippen LogP contribution in [0.5, 0.6) is 0 Å². The van der Waals surface area contributed by atoms with E-state index in [-0.39, 0.29) is 5.91 Å². The van der Waals surface area contributed by atoms with Gasteiger partial charge in [0.2, 0.25) is 0 Å². The van der Waals surface area contributed by atoms with Gasteiger partial charge in [0.25, 0.3) is 5.91 Å². The summed E-state index contributed by atoms with van der Waals surface area (Å²) in [6, 6.07) is 8.84. The second kappa shape index (κ2) is 6.35. The molecule has 2 heterocycles. The number of hydrogen-bond donors (Lipinski definition) is 1. The van der Waals surface area contributed by atoms with Crippen molar-refractivity contribution in [3.8, 4) is 11.3 Å². The van der Waals surface area contributed by atoms with Crippen LogP contribution in [0.2, 0.25) is 10.0 Å². The molecule has 1 amide bonds. The van der Waals surface area contributed by atoms with Crippen LogP contribution in [0.4, 0.5) is 0 Å². The Hall–Kier alpha value is -1.82. The van der Waals surface area contributed by atoms with Crippen molar-refractivity contribution in [2.45, 2.75) is 6.92 Å². The van der Waals surface area contributed by atoms with Gasteiger partial charge in [-0.2, -0.15) is 0 Å². The maximum Gasteiger partial charge on any atom is 0.276 e. The molecule has 0 atom stereocenters. The zero-order valence-electron chi connectivity index (χ0n) is 12.1. The fraction of sp³-hybridized carbons (Fsp3) is 0.125. The van der Waals surface area contributed by atoms with Gasteiger partial charge in [-0.1, -0.05) is 23.2 Å². The highest BCUT2D eigenvalue weighted by molar-refractivity contribution is 7.80. The molecule has 2 aromatic rings. The smallest absolute Gasteiger partial charge is 0.276 e. The van der Waals surface area contributed by atoms with E-state index in [0.717, 1.165) is 5.56 Å². The molecule has 1 aromatic heterocycles. The summed E-state index contributed by atoms with van der Waals surface area (Å²) >= 11 is 17.0. The highest BCUT2D eigenvalue weighted by Gasteiger charge is 2.29. The molecule has 0 bridgehead atoms. The second-order valence-electron chi connectivity index (χ2n) is 4.87. The van der Waals surface area contributed by atoms with Crippen LogP contribution in [0.1, 0.15) is 12.7 Å². The third-order valence-corrected chi connectivity index (χ3v) is 4.46.